The summed E-state index contributed by atoms with van der Waals surface area (Å²) < 4.78 is 11.7. The second-order valence-electron chi connectivity index (χ2n) is 10.8. The standard InChI is InChI=1S/C30H34N2O5/c1-5-36-24-13-12-18(15-22(24)30(2,3)4)27(33)25-26(21-16-31-23-11-7-6-10-20(21)23)32(29(35)28(25)34)17-19-9-8-14-37-19/h6-7,10-13,15-16,19,26,31,33H,5,8-9,14,17H2,1-4H3/b27-25+. The molecule has 2 aliphatic rings. The number of benzene rings is 2. The van der Waals surface area contributed by atoms with Crippen LogP contribution in [0.25, 0.3) is 16.7 Å². The van der Waals surface area contributed by atoms with Gasteiger partial charge < -0.3 is 24.5 Å². The van der Waals surface area contributed by atoms with Crippen molar-refractivity contribution < 1.29 is 24.2 Å². The minimum atomic E-state index is -0.731. The molecule has 37 heavy (non-hydrogen) atoms. The highest BCUT2D eigenvalue weighted by atomic mass is 16.5. The largest absolute Gasteiger partial charge is 0.507 e. The van der Waals surface area contributed by atoms with Crippen molar-refractivity contribution in [1.82, 2.24) is 9.88 Å². The van der Waals surface area contributed by atoms with Gasteiger partial charge in [0, 0.05) is 46.9 Å². The number of Topliss-reactive ketones (excluding diaryl/α,β-unsaturated/α-hetero) is 1. The molecule has 0 spiro atoms. The van der Waals surface area contributed by atoms with E-state index in [9.17, 15) is 14.7 Å². The van der Waals surface area contributed by atoms with Crippen molar-refractivity contribution >= 4 is 28.4 Å². The van der Waals surface area contributed by atoms with E-state index in [-0.39, 0.29) is 22.9 Å². The first kappa shape index (κ1) is 25.1. The molecule has 2 atom stereocenters. The maximum absolute atomic E-state index is 13.5. The number of rotatable bonds is 6. The number of amides is 1. The lowest BCUT2D eigenvalue weighted by atomic mass is 9.84. The molecule has 2 saturated heterocycles. The van der Waals surface area contributed by atoms with E-state index in [0.717, 1.165) is 40.6 Å². The maximum atomic E-state index is 13.5. The van der Waals surface area contributed by atoms with E-state index in [1.165, 1.54) is 0 Å². The van der Waals surface area contributed by atoms with Gasteiger partial charge in [-0.3, -0.25) is 9.59 Å². The maximum Gasteiger partial charge on any atom is 0.295 e. The summed E-state index contributed by atoms with van der Waals surface area (Å²) >= 11 is 0. The van der Waals surface area contributed by atoms with Crippen molar-refractivity contribution in [3.05, 3.63) is 70.9 Å². The van der Waals surface area contributed by atoms with E-state index in [2.05, 4.69) is 25.8 Å². The van der Waals surface area contributed by atoms with Gasteiger partial charge in [-0.1, -0.05) is 39.0 Å². The van der Waals surface area contributed by atoms with E-state index in [1.807, 2.05) is 49.5 Å². The van der Waals surface area contributed by atoms with Crippen LogP contribution >= 0.6 is 0 Å². The quantitative estimate of drug-likeness (QED) is 0.265. The second kappa shape index (κ2) is 9.71. The van der Waals surface area contributed by atoms with Crippen LogP contribution in [-0.4, -0.2) is 52.5 Å². The predicted molar refractivity (Wildman–Crippen MR) is 143 cm³/mol. The summed E-state index contributed by atoms with van der Waals surface area (Å²) in [6.45, 7) is 9.60. The molecule has 2 aromatic carbocycles. The van der Waals surface area contributed by atoms with E-state index in [4.69, 9.17) is 9.47 Å². The number of aliphatic hydroxyl groups excluding tert-OH is 1. The molecule has 2 fully saturated rings. The van der Waals surface area contributed by atoms with Gasteiger partial charge in [-0.25, -0.2) is 0 Å². The van der Waals surface area contributed by atoms with Crippen LogP contribution in [0.2, 0.25) is 0 Å². The lowest BCUT2D eigenvalue weighted by molar-refractivity contribution is -0.140. The number of aliphatic hydroxyl groups is 1. The third kappa shape index (κ3) is 4.53. The SMILES string of the molecule is CCOc1ccc(/C(O)=C2\C(=O)C(=O)N(CC3CCCO3)C2c2c[nH]c3ccccc23)cc1C(C)(C)C. The molecule has 5 rings (SSSR count). The first-order valence-electron chi connectivity index (χ1n) is 12.9. The van der Waals surface area contributed by atoms with E-state index >= 15 is 0 Å². The molecule has 7 nitrogen and oxygen atoms in total. The summed E-state index contributed by atoms with van der Waals surface area (Å²) in [6, 6.07) is 12.5. The number of para-hydroxylation sites is 1. The molecular formula is C30H34N2O5. The Bertz CT molecular complexity index is 1370. The molecule has 0 bridgehead atoms. The molecule has 0 saturated carbocycles. The molecule has 194 valence electrons. The van der Waals surface area contributed by atoms with Crippen molar-refractivity contribution in [1.29, 1.82) is 0 Å². The van der Waals surface area contributed by atoms with Crippen LogP contribution < -0.4 is 4.74 Å². The number of carbonyl (C=O) groups is 2. The zero-order valence-electron chi connectivity index (χ0n) is 21.8. The van der Waals surface area contributed by atoms with Crippen LogP contribution in [0, 0.1) is 0 Å². The summed E-state index contributed by atoms with van der Waals surface area (Å²) in [4.78, 5) is 31.7. The zero-order valence-corrected chi connectivity index (χ0v) is 21.8. The summed E-state index contributed by atoms with van der Waals surface area (Å²) in [6.07, 6.45) is 3.45. The summed E-state index contributed by atoms with van der Waals surface area (Å²) in [5.74, 6) is -0.748. The van der Waals surface area contributed by atoms with Crippen molar-refractivity contribution in [3.8, 4) is 5.75 Å². The normalized spacial score (nSPS) is 21.8. The number of hydrogen-bond donors (Lipinski definition) is 2. The van der Waals surface area contributed by atoms with Crippen LogP contribution in [0.5, 0.6) is 5.75 Å². The molecule has 0 aliphatic carbocycles. The number of ether oxygens (including phenoxy) is 2. The van der Waals surface area contributed by atoms with Gasteiger partial charge in [0.05, 0.1) is 24.3 Å². The number of likely N-dealkylation sites (tertiary alicyclic amines) is 1. The Labute approximate surface area is 217 Å². The molecule has 1 aromatic heterocycles. The molecular weight excluding hydrogens is 468 g/mol. The van der Waals surface area contributed by atoms with Gasteiger partial charge in [0.25, 0.3) is 11.7 Å². The number of aromatic nitrogens is 1. The molecule has 2 N–H and O–H groups in total. The average Bonchev–Trinajstić information content (AvgIpc) is 3.59. The molecule has 3 aromatic rings. The first-order valence-corrected chi connectivity index (χ1v) is 12.9. The number of nitrogens with zero attached hydrogens (tertiary/aromatic N) is 1. The van der Waals surface area contributed by atoms with Crippen LogP contribution in [0.3, 0.4) is 0 Å². The number of ketones is 1. The van der Waals surface area contributed by atoms with Gasteiger partial charge >= 0.3 is 0 Å². The molecule has 2 unspecified atom stereocenters. The third-order valence-corrected chi connectivity index (χ3v) is 7.24. The Morgan fingerprint density at radius 2 is 1.97 bits per heavy atom. The number of aromatic amines is 1. The van der Waals surface area contributed by atoms with Crippen LogP contribution in [-0.2, 0) is 19.7 Å². The average molecular weight is 503 g/mol. The Morgan fingerprint density at radius 3 is 2.68 bits per heavy atom. The van der Waals surface area contributed by atoms with E-state index in [1.54, 1.807) is 11.0 Å². The number of carbonyl (C=O) groups excluding carboxylic acids is 2. The molecule has 7 heteroatoms. The number of fused-ring (bicyclic) bond motifs is 1. The Morgan fingerprint density at radius 1 is 1.19 bits per heavy atom. The fraction of sp³-hybridized carbons (Fsp3) is 0.400. The van der Waals surface area contributed by atoms with E-state index in [0.29, 0.717) is 25.3 Å². The Kier molecular flexibility index (Phi) is 6.58. The minimum Gasteiger partial charge on any atom is -0.507 e. The fourth-order valence-corrected chi connectivity index (χ4v) is 5.42. The lowest BCUT2D eigenvalue weighted by Crippen LogP contribution is -2.36. The zero-order chi connectivity index (χ0) is 26.3. The number of H-pyrrole nitrogens is 1. The van der Waals surface area contributed by atoms with Gasteiger partial charge in [0.1, 0.15) is 11.5 Å². The first-order chi connectivity index (χ1) is 17.7. The summed E-state index contributed by atoms with van der Waals surface area (Å²) in [5, 5.41) is 12.5. The van der Waals surface area contributed by atoms with Crippen LogP contribution in [0.4, 0.5) is 0 Å². The molecule has 1 amide bonds. The second-order valence-corrected chi connectivity index (χ2v) is 10.8. The monoisotopic (exact) mass is 502 g/mol. The lowest BCUT2D eigenvalue weighted by Gasteiger charge is -2.27. The third-order valence-electron chi connectivity index (χ3n) is 7.24. The van der Waals surface area contributed by atoms with Crippen molar-refractivity contribution in [2.75, 3.05) is 19.8 Å². The summed E-state index contributed by atoms with van der Waals surface area (Å²) in [7, 11) is 0. The Balaban J connectivity index is 1.68. The minimum absolute atomic E-state index is 0.0942. The highest BCUT2D eigenvalue weighted by Gasteiger charge is 2.47. The van der Waals surface area contributed by atoms with Gasteiger partial charge in [0.15, 0.2) is 0 Å². The highest BCUT2D eigenvalue weighted by molar-refractivity contribution is 6.46. The molecule has 3 heterocycles. The van der Waals surface area contributed by atoms with Crippen LogP contribution in [0.15, 0.2) is 54.2 Å². The van der Waals surface area contributed by atoms with Crippen molar-refractivity contribution in [2.24, 2.45) is 0 Å². The van der Waals surface area contributed by atoms with Crippen molar-refractivity contribution in [3.63, 3.8) is 0 Å². The van der Waals surface area contributed by atoms with Crippen molar-refractivity contribution in [2.45, 2.75) is 58.1 Å². The van der Waals surface area contributed by atoms with Gasteiger partial charge in [0.2, 0.25) is 0 Å². The van der Waals surface area contributed by atoms with Gasteiger partial charge in [-0.15, -0.1) is 0 Å². The van der Waals surface area contributed by atoms with E-state index < -0.39 is 17.7 Å². The number of nitrogens with one attached hydrogen (secondary N) is 1. The summed E-state index contributed by atoms with van der Waals surface area (Å²) in [5.41, 5.74) is 2.90. The topological polar surface area (TPSA) is 91.9 Å². The van der Waals surface area contributed by atoms with Gasteiger partial charge in [-0.05, 0) is 49.4 Å². The molecule has 0 radical (unpaired) electrons. The predicted octanol–water partition coefficient (Wildman–Crippen LogP) is 5.46. The van der Waals surface area contributed by atoms with Crippen LogP contribution in [0.1, 0.15) is 63.3 Å². The number of hydrogen-bond acceptors (Lipinski definition) is 5. The fourth-order valence-electron chi connectivity index (χ4n) is 5.42. The van der Waals surface area contributed by atoms with Gasteiger partial charge in [-0.2, -0.15) is 0 Å². The molecule has 2 aliphatic heterocycles. The smallest absolute Gasteiger partial charge is 0.295 e. The highest BCUT2D eigenvalue weighted by Crippen LogP contribution is 2.43. The Hall–Kier alpha value is -3.58.